The maximum atomic E-state index is 12.5. The van der Waals surface area contributed by atoms with Crippen molar-refractivity contribution in [1.29, 1.82) is 0 Å². The number of nitrogens with one attached hydrogen (secondary N) is 1. The van der Waals surface area contributed by atoms with Crippen molar-refractivity contribution in [3.63, 3.8) is 0 Å². The van der Waals surface area contributed by atoms with Crippen molar-refractivity contribution in [3.05, 3.63) is 93.9 Å². The first kappa shape index (κ1) is 17.8. The summed E-state index contributed by atoms with van der Waals surface area (Å²) in [6, 6.07) is 17.4. The van der Waals surface area contributed by atoms with Crippen LogP contribution in [0.4, 0.5) is 11.4 Å². The van der Waals surface area contributed by atoms with Gasteiger partial charge in [-0.05, 0) is 42.3 Å². The highest BCUT2D eigenvalue weighted by Gasteiger charge is 2.29. The van der Waals surface area contributed by atoms with Crippen LogP contribution in [0.2, 0.25) is 0 Å². The van der Waals surface area contributed by atoms with Gasteiger partial charge >= 0.3 is 0 Å². The molecule has 2 heterocycles. The number of non-ortho nitro benzene ring substituents is 1. The van der Waals surface area contributed by atoms with Gasteiger partial charge in [-0.3, -0.25) is 14.9 Å². The number of hydrogen-bond donors (Lipinski definition) is 1. The van der Waals surface area contributed by atoms with Crippen LogP contribution in [0.15, 0.2) is 71.3 Å². The van der Waals surface area contributed by atoms with Crippen molar-refractivity contribution in [2.75, 3.05) is 18.0 Å². The molecule has 3 aromatic rings. The summed E-state index contributed by atoms with van der Waals surface area (Å²) in [7, 11) is 0. The second-order valence-corrected chi connectivity index (χ2v) is 6.62. The summed E-state index contributed by atoms with van der Waals surface area (Å²) in [5.41, 5.74) is 2.76. The van der Waals surface area contributed by atoms with Crippen molar-refractivity contribution in [2.24, 2.45) is 0 Å². The average molecular weight is 377 g/mol. The molecular weight excluding hydrogens is 358 g/mol. The topological polar surface area (TPSA) is 88.6 Å². The zero-order valence-electron chi connectivity index (χ0n) is 15.1. The molecule has 0 unspecified atom stereocenters. The molecule has 1 atom stereocenters. The predicted molar refractivity (Wildman–Crippen MR) is 104 cm³/mol. The van der Waals surface area contributed by atoms with Crippen molar-refractivity contribution >= 4 is 17.3 Å². The molecule has 0 radical (unpaired) electrons. The number of para-hydroxylation sites is 1. The minimum absolute atomic E-state index is 0.0429. The van der Waals surface area contributed by atoms with E-state index >= 15 is 0 Å². The van der Waals surface area contributed by atoms with Gasteiger partial charge in [-0.1, -0.05) is 18.2 Å². The van der Waals surface area contributed by atoms with E-state index in [4.69, 9.17) is 4.42 Å². The monoisotopic (exact) mass is 377 g/mol. The third-order valence-corrected chi connectivity index (χ3v) is 4.97. The van der Waals surface area contributed by atoms with Crippen LogP contribution in [-0.2, 0) is 6.42 Å². The number of rotatable bonds is 6. The fourth-order valence-corrected chi connectivity index (χ4v) is 3.56. The number of amides is 1. The minimum Gasteiger partial charge on any atom is -0.467 e. The van der Waals surface area contributed by atoms with Gasteiger partial charge in [0.05, 0.1) is 11.2 Å². The summed E-state index contributed by atoms with van der Waals surface area (Å²) in [6.07, 6.45) is 2.58. The molecular formula is C21H19N3O4. The number of anilines is 1. The van der Waals surface area contributed by atoms with Gasteiger partial charge in [0.1, 0.15) is 11.8 Å². The summed E-state index contributed by atoms with van der Waals surface area (Å²) in [5, 5.41) is 13.7. The second-order valence-electron chi connectivity index (χ2n) is 6.62. The normalized spacial score (nSPS) is 13.8. The smallest absolute Gasteiger partial charge is 0.269 e. The van der Waals surface area contributed by atoms with Crippen LogP contribution in [0.1, 0.15) is 27.7 Å². The molecule has 0 saturated carbocycles. The Labute approximate surface area is 161 Å². The molecule has 0 bridgehead atoms. The number of nitro benzene ring substituents is 1. The molecule has 0 saturated heterocycles. The number of carbonyl (C=O) groups excluding carboxylic acids is 1. The fraction of sp³-hybridized carbons (Fsp3) is 0.190. The molecule has 4 rings (SSSR count). The van der Waals surface area contributed by atoms with Gasteiger partial charge in [-0.25, -0.2) is 0 Å². The molecule has 1 aliphatic heterocycles. The first-order valence-electron chi connectivity index (χ1n) is 9.04. The Balaban J connectivity index is 1.51. The fourth-order valence-electron chi connectivity index (χ4n) is 3.56. The van der Waals surface area contributed by atoms with Gasteiger partial charge < -0.3 is 14.6 Å². The molecule has 1 N–H and O–H groups in total. The number of benzene rings is 2. The van der Waals surface area contributed by atoms with Gasteiger partial charge in [0.2, 0.25) is 0 Å². The van der Waals surface area contributed by atoms with Crippen LogP contribution in [-0.4, -0.2) is 23.9 Å². The highest BCUT2D eigenvalue weighted by molar-refractivity contribution is 5.94. The van der Waals surface area contributed by atoms with E-state index in [2.05, 4.69) is 22.3 Å². The zero-order valence-corrected chi connectivity index (χ0v) is 15.1. The van der Waals surface area contributed by atoms with E-state index in [1.807, 2.05) is 24.3 Å². The number of nitro groups is 1. The maximum Gasteiger partial charge on any atom is 0.269 e. The van der Waals surface area contributed by atoms with Crippen LogP contribution in [0.3, 0.4) is 0 Å². The molecule has 2 aromatic carbocycles. The first-order chi connectivity index (χ1) is 13.6. The molecule has 28 heavy (non-hydrogen) atoms. The number of carbonyl (C=O) groups is 1. The number of hydrogen-bond acceptors (Lipinski definition) is 5. The highest BCUT2D eigenvalue weighted by atomic mass is 16.6. The Kier molecular flexibility index (Phi) is 4.80. The van der Waals surface area contributed by atoms with E-state index in [1.54, 1.807) is 6.26 Å². The van der Waals surface area contributed by atoms with Gasteiger partial charge in [0.15, 0.2) is 0 Å². The Morgan fingerprint density at radius 2 is 1.93 bits per heavy atom. The Bertz CT molecular complexity index is 983. The lowest BCUT2D eigenvalue weighted by Gasteiger charge is -2.29. The van der Waals surface area contributed by atoms with E-state index in [-0.39, 0.29) is 17.6 Å². The molecule has 7 heteroatoms. The van der Waals surface area contributed by atoms with Crippen molar-refractivity contribution in [2.45, 2.75) is 12.5 Å². The number of nitrogens with zero attached hydrogens (tertiary/aromatic N) is 2. The summed E-state index contributed by atoms with van der Waals surface area (Å²) < 4.78 is 5.64. The largest absolute Gasteiger partial charge is 0.467 e. The van der Waals surface area contributed by atoms with Gasteiger partial charge in [-0.15, -0.1) is 0 Å². The SMILES string of the molecule is O=C(NC[C@@H](c1ccco1)N1CCc2ccccc21)c1ccc([N+](=O)[O-])cc1. The molecule has 0 fully saturated rings. The van der Waals surface area contributed by atoms with Gasteiger partial charge in [0, 0.05) is 36.5 Å². The molecule has 142 valence electrons. The summed E-state index contributed by atoms with van der Waals surface area (Å²) in [5.74, 6) is 0.500. The van der Waals surface area contributed by atoms with Crippen LogP contribution >= 0.6 is 0 Å². The lowest BCUT2D eigenvalue weighted by Crippen LogP contribution is -2.37. The third kappa shape index (κ3) is 3.46. The Morgan fingerprint density at radius 1 is 1.14 bits per heavy atom. The maximum absolute atomic E-state index is 12.5. The quantitative estimate of drug-likeness (QED) is 0.522. The zero-order chi connectivity index (χ0) is 19.5. The second kappa shape index (κ2) is 7.56. The Morgan fingerprint density at radius 3 is 2.64 bits per heavy atom. The van der Waals surface area contributed by atoms with Crippen LogP contribution in [0.25, 0.3) is 0 Å². The van der Waals surface area contributed by atoms with Crippen molar-refractivity contribution in [3.8, 4) is 0 Å². The van der Waals surface area contributed by atoms with Crippen molar-refractivity contribution in [1.82, 2.24) is 5.32 Å². The first-order valence-corrected chi connectivity index (χ1v) is 9.04. The van der Waals surface area contributed by atoms with E-state index in [9.17, 15) is 14.9 Å². The summed E-state index contributed by atoms with van der Waals surface area (Å²) in [4.78, 5) is 25.0. The number of furan rings is 1. The van der Waals surface area contributed by atoms with Gasteiger partial charge in [0.25, 0.3) is 11.6 Å². The number of fused-ring (bicyclic) bond motifs is 1. The molecule has 7 nitrogen and oxygen atoms in total. The third-order valence-electron chi connectivity index (χ3n) is 4.97. The summed E-state index contributed by atoms with van der Waals surface area (Å²) >= 11 is 0. The molecule has 0 spiro atoms. The van der Waals surface area contributed by atoms with E-state index in [0.717, 1.165) is 24.4 Å². The van der Waals surface area contributed by atoms with Crippen LogP contribution in [0, 0.1) is 10.1 Å². The standard InChI is InChI=1S/C21H19N3O4/c25-21(16-7-9-17(10-8-16)24(26)27)22-14-19(20-6-3-13-28-20)23-12-11-15-4-1-2-5-18(15)23/h1-10,13,19H,11-12,14H2,(H,22,25)/t19-/m0/s1. The predicted octanol–water partition coefficient (Wildman–Crippen LogP) is 3.72. The van der Waals surface area contributed by atoms with Gasteiger partial charge in [-0.2, -0.15) is 0 Å². The highest BCUT2D eigenvalue weighted by Crippen LogP contribution is 2.35. The van der Waals surface area contributed by atoms with Crippen molar-refractivity contribution < 1.29 is 14.1 Å². The summed E-state index contributed by atoms with van der Waals surface area (Å²) in [6.45, 7) is 1.20. The van der Waals surface area contributed by atoms with Crippen LogP contribution in [0.5, 0.6) is 0 Å². The van der Waals surface area contributed by atoms with Crippen LogP contribution < -0.4 is 10.2 Å². The van der Waals surface area contributed by atoms with E-state index in [0.29, 0.717) is 12.1 Å². The minimum atomic E-state index is -0.487. The molecule has 0 aliphatic carbocycles. The van der Waals surface area contributed by atoms with E-state index < -0.39 is 4.92 Å². The van der Waals surface area contributed by atoms with E-state index in [1.165, 1.54) is 29.8 Å². The Hall–Kier alpha value is -3.61. The average Bonchev–Trinajstić information content (AvgIpc) is 3.39. The lowest BCUT2D eigenvalue weighted by molar-refractivity contribution is -0.384. The molecule has 1 amide bonds. The molecule has 1 aliphatic rings. The molecule has 1 aromatic heterocycles. The lowest BCUT2D eigenvalue weighted by atomic mass is 10.1.